The Hall–Kier alpha value is -3.22. The minimum absolute atomic E-state index is 0.0106. The molecule has 0 saturated carbocycles. The maximum Gasteiger partial charge on any atom is 0.253 e. The van der Waals surface area contributed by atoms with Gasteiger partial charge in [-0.1, -0.05) is 18.2 Å². The molecule has 7 heteroatoms. The molecule has 0 radical (unpaired) electrons. The Bertz CT molecular complexity index is 890. The van der Waals surface area contributed by atoms with Gasteiger partial charge in [0.1, 0.15) is 5.82 Å². The predicted molar refractivity (Wildman–Crippen MR) is 107 cm³/mol. The lowest BCUT2D eigenvalue weighted by molar-refractivity contribution is -0.130. The zero-order chi connectivity index (χ0) is 20.8. The van der Waals surface area contributed by atoms with Crippen molar-refractivity contribution >= 4 is 17.7 Å². The molecule has 0 spiro atoms. The lowest BCUT2D eigenvalue weighted by Gasteiger charge is -2.34. The monoisotopic (exact) mass is 397 g/mol. The third kappa shape index (κ3) is 5.40. The molecule has 2 aromatic rings. The fourth-order valence-electron chi connectivity index (χ4n) is 3.27. The number of rotatable bonds is 5. The summed E-state index contributed by atoms with van der Waals surface area (Å²) in [5, 5.41) is 2.82. The molecule has 0 aliphatic carbocycles. The lowest BCUT2D eigenvalue weighted by atomic mass is 10.1. The first-order valence-electron chi connectivity index (χ1n) is 9.61. The molecular weight excluding hydrogens is 373 g/mol. The average Bonchev–Trinajstić information content (AvgIpc) is 2.74. The molecule has 3 amide bonds. The fraction of sp³-hybridized carbons (Fsp3) is 0.318. The molecule has 29 heavy (non-hydrogen) atoms. The molecule has 152 valence electrons. The second-order valence-electron chi connectivity index (χ2n) is 7.01. The highest BCUT2D eigenvalue weighted by Gasteiger charge is 2.23. The summed E-state index contributed by atoms with van der Waals surface area (Å²) in [5.74, 6) is -0.685. The van der Waals surface area contributed by atoms with E-state index >= 15 is 0 Å². The van der Waals surface area contributed by atoms with E-state index in [2.05, 4.69) is 5.32 Å². The van der Waals surface area contributed by atoms with Crippen LogP contribution in [0.15, 0.2) is 48.5 Å². The second-order valence-corrected chi connectivity index (χ2v) is 7.01. The third-order valence-electron chi connectivity index (χ3n) is 5.00. The van der Waals surface area contributed by atoms with E-state index in [1.807, 2.05) is 0 Å². The minimum Gasteiger partial charge on any atom is -0.352 e. The molecule has 0 bridgehead atoms. The van der Waals surface area contributed by atoms with Crippen LogP contribution in [0.3, 0.4) is 0 Å². The number of nitrogens with zero attached hydrogens (tertiary/aromatic N) is 2. The number of hydrogen-bond acceptors (Lipinski definition) is 3. The highest BCUT2D eigenvalue weighted by Crippen LogP contribution is 2.12. The summed E-state index contributed by atoms with van der Waals surface area (Å²) in [6, 6.07) is 12.8. The molecule has 1 aliphatic heterocycles. The van der Waals surface area contributed by atoms with Gasteiger partial charge >= 0.3 is 0 Å². The maximum absolute atomic E-state index is 12.9. The third-order valence-corrected chi connectivity index (χ3v) is 5.00. The Kier molecular flexibility index (Phi) is 6.59. The highest BCUT2D eigenvalue weighted by molar-refractivity contribution is 5.99. The highest BCUT2D eigenvalue weighted by atomic mass is 19.1. The Balaban J connectivity index is 1.55. The average molecular weight is 397 g/mol. The molecule has 1 saturated heterocycles. The number of piperazine rings is 1. The van der Waals surface area contributed by atoms with Gasteiger partial charge in [0.25, 0.3) is 11.8 Å². The van der Waals surface area contributed by atoms with Crippen molar-refractivity contribution < 1.29 is 18.8 Å². The van der Waals surface area contributed by atoms with Gasteiger partial charge < -0.3 is 15.1 Å². The second kappa shape index (κ2) is 9.32. The predicted octanol–water partition coefficient (Wildman–Crippen LogP) is 2.10. The van der Waals surface area contributed by atoms with Crippen LogP contribution < -0.4 is 5.32 Å². The van der Waals surface area contributed by atoms with E-state index in [0.29, 0.717) is 50.3 Å². The Morgan fingerprint density at radius 3 is 2.21 bits per heavy atom. The van der Waals surface area contributed by atoms with Crippen molar-refractivity contribution in [3.8, 4) is 0 Å². The zero-order valence-corrected chi connectivity index (χ0v) is 16.4. The van der Waals surface area contributed by atoms with Gasteiger partial charge in [-0.25, -0.2) is 4.39 Å². The van der Waals surface area contributed by atoms with E-state index in [1.54, 1.807) is 46.2 Å². The first-order valence-corrected chi connectivity index (χ1v) is 9.61. The van der Waals surface area contributed by atoms with Crippen LogP contribution in [-0.2, 0) is 11.2 Å². The topological polar surface area (TPSA) is 69.7 Å². The SMILES string of the molecule is CC(=O)N1CCN(C(=O)c2cccc(C(=O)NCCc3ccc(F)cc3)c2)CC1. The summed E-state index contributed by atoms with van der Waals surface area (Å²) in [6.07, 6.45) is 0.588. The van der Waals surface area contributed by atoms with E-state index in [-0.39, 0.29) is 23.5 Å². The van der Waals surface area contributed by atoms with Crippen molar-refractivity contribution in [2.45, 2.75) is 13.3 Å². The summed E-state index contributed by atoms with van der Waals surface area (Å²) >= 11 is 0. The van der Waals surface area contributed by atoms with Crippen molar-refractivity contribution in [3.63, 3.8) is 0 Å². The first-order chi connectivity index (χ1) is 13.9. The van der Waals surface area contributed by atoms with Gasteiger partial charge in [0.05, 0.1) is 0 Å². The minimum atomic E-state index is -0.290. The van der Waals surface area contributed by atoms with Gasteiger partial charge in [0.2, 0.25) is 5.91 Å². The van der Waals surface area contributed by atoms with Crippen LogP contribution in [0.5, 0.6) is 0 Å². The van der Waals surface area contributed by atoms with Crippen LogP contribution >= 0.6 is 0 Å². The maximum atomic E-state index is 12.9. The quantitative estimate of drug-likeness (QED) is 0.840. The van der Waals surface area contributed by atoms with Crippen molar-refractivity contribution in [1.82, 2.24) is 15.1 Å². The Labute approximate surface area is 169 Å². The van der Waals surface area contributed by atoms with Crippen LogP contribution in [0, 0.1) is 5.82 Å². The molecule has 0 unspecified atom stereocenters. The van der Waals surface area contributed by atoms with Crippen molar-refractivity contribution in [3.05, 3.63) is 71.0 Å². The van der Waals surface area contributed by atoms with Gasteiger partial charge in [-0.3, -0.25) is 14.4 Å². The van der Waals surface area contributed by atoms with Gasteiger partial charge in [-0.2, -0.15) is 0 Å². The van der Waals surface area contributed by atoms with Crippen LogP contribution in [0.25, 0.3) is 0 Å². The van der Waals surface area contributed by atoms with Gasteiger partial charge in [0.15, 0.2) is 0 Å². The first kappa shape index (κ1) is 20.5. The number of carbonyl (C=O) groups excluding carboxylic acids is 3. The van der Waals surface area contributed by atoms with Gasteiger partial charge in [-0.05, 0) is 42.3 Å². The van der Waals surface area contributed by atoms with E-state index in [9.17, 15) is 18.8 Å². The Morgan fingerprint density at radius 2 is 1.55 bits per heavy atom. The summed E-state index contributed by atoms with van der Waals surface area (Å²) in [4.78, 5) is 40.0. The van der Waals surface area contributed by atoms with E-state index < -0.39 is 0 Å². The zero-order valence-electron chi connectivity index (χ0n) is 16.4. The number of carbonyl (C=O) groups is 3. The number of amides is 3. The molecule has 0 aromatic heterocycles. The van der Waals surface area contributed by atoms with E-state index in [1.165, 1.54) is 19.1 Å². The van der Waals surface area contributed by atoms with Crippen molar-refractivity contribution in [2.24, 2.45) is 0 Å². The fourth-order valence-corrected chi connectivity index (χ4v) is 3.27. The molecule has 6 nitrogen and oxygen atoms in total. The number of nitrogens with one attached hydrogen (secondary N) is 1. The molecule has 1 aliphatic rings. The van der Waals surface area contributed by atoms with Crippen molar-refractivity contribution in [1.29, 1.82) is 0 Å². The van der Waals surface area contributed by atoms with Crippen molar-refractivity contribution in [2.75, 3.05) is 32.7 Å². The van der Waals surface area contributed by atoms with E-state index in [4.69, 9.17) is 0 Å². The van der Waals surface area contributed by atoms with Crippen LogP contribution in [0.1, 0.15) is 33.2 Å². The summed E-state index contributed by atoms with van der Waals surface area (Å²) < 4.78 is 12.9. The number of hydrogen-bond donors (Lipinski definition) is 1. The molecule has 0 atom stereocenters. The molecular formula is C22H24FN3O3. The molecule has 2 aromatic carbocycles. The normalized spacial score (nSPS) is 13.9. The van der Waals surface area contributed by atoms with Crippen LogP contribution in [0.4, 0.5) is 4.39 Å². The summed E-state index contributed by atoms with van der Waals surface area (Å²) in [7, 11) is 0. The number of halogens is 1. The molecule has 3 rings (SSSR count). The van der Waals surface area contributed by atoms with Gasteiger partial charge in [-0.15, -0.1) is 0 Å². The van der Waals surface area contributed by atoms with Gasteiger partial charge in [0, 0.05) is 50.8 Å². The lowest BCUT2D eigenvalue weighted by Crippen LogP contribution is -2.50. The summed E-state index contributed by atoms with van der Waals surface area (Å²) in [6.45, 7) is 3.93. The summed E-state index contributed by atoms with van der Waals surface area (Å²) in [5.41, 5.74) is 1.80. The smallest absolute Gasteiger partial charge is 0.253 e. The van der Waals surface area contributed by atoms with E-state index in [0.717, 1.165) is 5.56 Å². The standard InChI is InChI=1S/C22H24FN3O3/c1-16(27)25-11-13-26(14-12-25)22(29)19-4-2-3-18(15-19)21(28)24-10-9-17-5-7-20(23)8-6-17/h2-8,15H,9-14H2,1H3,(H,24,28). The van der Waals surface area contributed by atoms with Crippen LogP contribution in [0.2, 0.25) is 0 Å². The largest absolute Gasteiger partial charge is 0.352 e. The molecule has 1 heterocycles. The number of benzene rings is 2. The molecule has 1 fully saturated rings. The molecule has 1 N–H and O–H groups in total. The van der Waals surface area contributed by atoms with Crippen LogP contribution in [-0.4, -0.2) is 60.2 Å². The Morgan fingerprint density at radius 1 is 0.931 bits per heavy atom.